The highest BCUT2D eigenvalue weighted by Gasteiger charge is 2.12. The van der Waals surface area contributed by atoms with E-state index in [1.807, 2.05) is 0 Å². The molecule has 0 aliphatic rings. The molecule has 0 atom stereocenters. The van der Waals surface area contributed by atoms with E-state index in [9.17, 15) is 9.18 Å². The fourth-order valence-electron chi connectivity index (χ4n) is 1.58. The summed E-state index contributed by atoms with van der Waals surface area (Å²) in [5, 5.41) is 21.6. The Morgan fingerprint density at radius 1 is 1.44 bits per heavy atom. The first-order valence-corrected chi connectivity index (χ1v) is 5.29. The number of aliphatic hydroxyl groups excluding tert-OH is 1. The molecular weight excluding hydrogens is 239 g/mol. The van der Waals surface area contributed by atoms with Crippen molar-refractivity contribution in [1.82, 2.24) is 9.78 Å². The molecule has 0 fully saturated rings. The van der Waals surface area contributed by atoms with Gasteiger partial charge in [-0.2, -0.15) is 5.10 Å². The number of benzene rings is 1. The Kier molecular flexibility index (Phi) is 3.38. The number of carboxylic acids is 1. The van der Waals surface area contributed by atoms with Gasteiger partial charge in [0.2, 0.25) is 0 Å². The van der Waals surface area contributed by atoms with E-state index in [1.165, 1.54) is 16.8 Å². The van der Waals surface area contributed by atoms with E-state index < -0.39 is 17.3 Å². The van der Waals surface area contributed by atoms with Crippen LogP contribution >= 0.6 is 0 Å². The molecular formula is C12H11FN2O3. The van der Waals surface area contributed by atoms with E-state index in [0.717, 1.165) is 11.6 Å². The lowest BCUT2D eigenvalue weighted by Crippen LogP contribution is -2.03. The molecule has 0 amide bonds. The summed E-state index contributed by atoms with van der Waals surface area (Å²) >= 11 is 0. The average Bonchev–Trinajstić information content (AvgIpc) is 2.78. The Balaban J connectivity index is 2.38. The van der Waals surface area contributed by atoms with E-state index in [1.54, 1.807) is 12.4 Å². The number of aromatic carboxylic acids is 1. The highest BCUT2D eigenvalue weighted by Crippen LogP contribution is 2.14. The standard InChI is InChI=1S/C12H11FN2O3/c13-11-2-1-9(5-10(11)12(17)18)15-7-8(3-4-16)6-14-15/h1-2,5-7,16H,3-4H2,(H,17,18). The summed E-state index contributed by atoms with van der Waals surface area (Å²) in [5.74, 6) is -2.11. The number of aliphatic hydroxyl groups is 1. The molecule has 5 nitrogen and oxygen atoms in total. The molecule has 1 heterocycles. The molecule has 0 saturated carbocycles. The number of nitrogens with zero attached hydrogens (tertiary/aromatic N) is 2. The van der Waals surface area contributed by atoms with Gasteiger partial charge in [0, 0.05) is 12.8 Å². The lowest BCUT2D eigenvalue weighted by molar-refractivity contribution is 0.0692. The van der Waals surface area contributed by atoms with Gasteiger partial charge in [-0.05, 0) is 30.2 Å². The Labute approximate surface area is 102 Å². The van der Waals surface area contributed by atoms with Crippen LogP contribution in [0, 0.1) is 5.82 Å². The van der Waals surface area contributed by atoms with Crippen molar-refractivity contribution in [1.29, 1.82) is 0 Å². The second kappa shape index (κ2) is 4.97. The van der Waals surface area contributed by atoms with Gasteiger partial charge >= 0.3 is 5.97 Å². The number of hydrogen-bond acceptors (Lipinski definition) is 3. The van der Waals surface area contributed by atoms with Crippen molar-refractivity contribution in [3.8, 4) is 5.69 Å². The Hall–Kier alpha value is -2.21. The largest absolute Gasteiger partial charge is 0.478 e. The minimum Gasteiger partial charge on any atom is -0.478 e. The topological polar surface area (TPSA) is 75.3 Å². The van der Waals surface area contributed by atoms with Crippen molar-refractivity contribution in [2.75, 3.05) is 6.61 Å². The van der Waals surface area contributed by atoms with Gasteiger partial charge in [-0.25, -0.2) is 13.9 Å². The highest BCUT2D eigenvalue weighted by molar-refractivity contribution is 5.88. The van der Waals surface area contributed by atoms with Crippen molar-refractivity contribution in [2.24, 2.45) is 0 Å². The molecule has 1 aromatic heterocycles. The summed E-state index contributed by atoms with van der Waals surface area (Å²) in [6.45, 7) is 0.00941. The van der Waals surface area contributed by atoms with Gasteiger partial charge < -0.3 is 10.2 Å². The van der Waals surface area contributed by atoms with Crippen LogP contribution in [-0.2, 0) is 6.42 Å². The fraction of sp³-hybridized carbons (Fsp3) is 0.167. The monoisotopic (exact) mass is 250 g/mol. The summed E-state index contributed by atoms with van der Waals surface area (Å²) in [7, 11) is 0. The van der Waals surface area contributed by atoms with Crippen LogP contribution in [0.25, 0.3) is 5.69 Å². The predicted molar refractivity (Wildman–Crippen MR) is 61.3 cm³/mol. The molecule has 2 rings (SSSR count). The molecule has 2 N–H and O–H groups in total. The molecule has 0 saturated heterocycles. The molecule has 0 aliphatic carbocycles. The maximum atomic E-state index is 13.2. The Morgan fingerprint density at radius 3 is 2.89 bits per heavy atom. The van der Waals surface area contributed by atoms with Crippen LogP contribution in [0.5, 0.6) is 0 Å². The zero-order chi connectivity index (χ0) is 13.1. The summed E-state index contributed by atoms with van der Waals surface area (Å²) in [6.07, 6.45) is 3.70. The maximum Gasteiger partial charge on any atom is 0.338 e. The molecule has 18 heavy (non-hydrogen) atoms. The molecule has 6 heteroatoms. The fourth-order valence-corrected chi connectivity index (χ4v) is 1.58. The van der Waals surface area contributed by atoms with Gasteiger partial charge in [0.25, 0.3) is 0 Å². The van der Waals surface area contributed by atoms with Crippen LogP contribution < -0.4 is 0 Å². The third-order valence-corrected chi connectivity index (χ3v) is 2.48. The van der Waals surface area contributed by atoms with E-state index in [-0.39, 0.29) is 6.61 Å². The van der Waals surface area contributed by atoms with Crippen molar-refractivity contribution < 1.29 is 19.4 Å². The van der Waals surface area contributed by atoms with Crippen LogP contribution in [0.3, 0.4) is 0 Å². The Morgan fingerprint density at radius 2 is 2.22 bits per heavy atom. The SMILES string of the molecule is O=C(O)c1cc(-n2cc(CCO)cn2)ccc1F. The number of carbonyl (C=O) groups is 1. The predicted octanol–water partition coefficient (Wildman–Crippen LogP) is 1.24. The van der Waals surface area contributed by atoms with Gasteiger partial charge in [-0.15, -0.1) is 0 Å². The first kappa shape index (κ1) is 12.3. The zero-order valence-corrected chi connectivity index (χ0v) is 9.38. The number of halogens is 1. The maximum absolute atomic E-state index is 13.2. The molecule has 94 valence electrons. The first-order chi connectivity index (χ1) is 8.61. The van der Waals surface area contributed by atoms with Gasteiger partial charge in [0.15, 0.2) is 0 Å². The molecule has 0 spiro atoms. The van der Waals surface area contributed by atoms with Crippen molar-refractivity contribution in [3.05, 3.63) is 47.5 Å². The summed E-state index contributed by atoms with van der Waals surface area (Å²) in [6, 6.07) is 3.75. The molecule has 0 unspecified atom stereocenters. The second-order valence-electron chi connectivity index (χ2n) is 3.74. The zero-order valence-electron chi connectivity index (χ0n) is 9.38. The average molecular weight is 250 g/mol. The first-order valence-electron chi connectivity index (χ1n) is 5.29. The van der Waals surface area contributed by atoms with Crippen LogP contribution in [0.4, 0.5) is 4.39 Å². The number of aromatic nitrogens is 2. The summed E-state index contributed by atoms with van der Waals surface area (Å²) in [5.41, 5.74) is 0.878. The van der Waals surface area contributed by atoms with E-state index in [0.29, 0.717) is 12.1 Å². The van der Waals surface area contributed by atoms with Gasteiger partial charge in [0.05, 0.1) is 17.4 Å². The highest BCUT2D eigenvalue weighted by atomic mass is 19.1. The quantitative estimate of drug-likeness (QED) is 0.856. The van der Waals surface area contributed by atoms with Crippen molar-refractivity contribution >= 4 is 5.97 Å². The molecule has 0 radical (unpaired) electrons. The number of rotatable bonds is 4. The van der Waals surface area contributed by atoms with Gasteiger partial charge in [-0.3, -0.25) is 0 Å². The van der Waals surface area contributed by atoms with Crippen LogP contribution in [0.2, 0.25) is 0 Å². The lowest BCUT2D eigenvalue weighted by atomic mass is 10.2. The van der Waals surface area contributed by atoms with E-state index in [4.69, 9.17) is 10.2 Å². The van der Waals surface area contributed by atoms with Crippen molar-refractivity contribution in [2.45, 2.75) is 6.42 Å². The second-order valence-corrected chi connectivity index (χ2v) is 3.74. The van der Waals surface area contributed by atoms with Crippen LogP contribution in [0.15, 0.2) is 30.6 Å². The number of hydrogen-bond donors (Lipinski definition) is 2. The minimum atomic E-state index is -1.32. The van der Waals surface area contributed by atoms with E-state index >= 15 is 0 Å². The van der Waals surface area contributed by atoms with E-state index in [2.05, 4.69) is 5.10 Å². The Bertz CT molecular complexity index is 580. The van der Waals surface area contributed by atoms with Crippen LogP contribution in [-0.4, -0.2) is 32.6 Å². The van der Waals surface area contributed by atoms with Gasteiger partial charge in [-0.1, -0.05) is 0 Å². The smallest absolute Gasteiger partial charge is 0.338 e. The summed E-state index contributed by atoms with van der Waals surface area (Å²) < 4.78 is 14.7. The third-order valence-electron chi connectivity index (χ3n) is 2.48. The molecule has 0 bridgehead atoms. The summed E-state index contributed by atoms with van der Waals surface area (Å²) in [4.78, 5) is 10.8. The number of carboxylic acid groups (broad SMARTS) is 1. The molecule has 0 aliphatic heterocycles. The minimum absolute atomic E-state index is 0.00941. The molecule has 2 aromatic rings. The van der Waals surface area contributed by atoms with Gasteiger partial charge in [0.1, 0.15) is 5.82 Å². The normalized spacial score (nSPS) is 10.6. The molecule has 1 aromatic carbocycles. The lowest BCUT2D eigenvalue weighted by Gasteiger charge is -2.03. The van der Waals surface area contributed by atoms with Crippen molar-refractivity contribution in [3.63, 3.8) is 0 Å². The van der Waals surface area contributed by atoms with Crippen LogP contribution in [0.1, 0.15) is 15.9 Å². The third kappa shape index (κ3) is 2.38.